The maximum atomic E-state index is 13.8. The lowest BCUT2D eigenvalue weighted by atomic mass is 9.86. The fourth-order valence-corrected chi connectivity index (χ4v) is 4.65. The number of hydrazine groups is 1. The zero-order valence-electron chi connectivity index (χ0n) is 21.4. The van der Waals surface area contributed by atoms with Crippen LogP contribution in [0.3, 0.4) is 0 Å². The van der Waals surface area contributed by atoms with Crippen LogP contribution in [-0.4, -0.2) is 35.1 Å². The molecular weight excluding hydrogens is 494 g/mol. The number of carbonyl (C=O) groups excluding carboxylic acids is 3. The fourth-order valence-electron chi connectivity index (χ4n) is 4.65. The second-order valence-corrected chi connectivity index (χ2v) is 9.59. The largest absolute Gasteiger partial charge is 0.468 e. The van der Waals surface area contributed by atoms with E-state index >= 15 is 0 Å². The van der Waals surface area contributed by atoms with Crippen molar-refractivity contribution in [1.29, 1.82) is 0 Å². The van der Waals surface area contributed by atoms with Gasteiger partial charge in [-0.2, -0.15) is 0 Å². The van der Waals surface area contributed by atoms with Crippen LogP contribution in [0.4, 0.5) is 4.79 Å². The van der Waals surface area contributed by atoms with E-state index in [9.17, 15) is 14.4 Å². The number of rotatable bonds is 9. The summed E-state index contributed by atoms with van der Waals surface area (Å²) in [6, 6.07) is 29.1. The summed E-state index contributed by atoms with van der Waals surface area (Å²) in [5.74, 6) is 4.16. The highest BCUT2D eigenvalue weighted by Crippen LogP contribution is 2.29. The SMILES string of the molecule is Cc1cccc(O[C@H]2[C@@H](C(=O)[C@H](Cc3ccc4ccccc4c3)NC(=O)OCc3ccccc3)C(=O)N2N)c1. The van der Waals surface area contributed by atoms with Crippen LogP contribution in [0.1, 0.15) is 16.7 Å². The molecular formula is C31H29N3O5. The van der Waals surface area contributed by atoms with Crippen molar-refractivity contribution in [3.8, 4) is 5.75 Å². The number of ketones is 1. The number of benzene rings is 4. The summed E-state index contributed by atoms with van der Waals surface area (Å²) >= 11 is 0. The summed E-state index contributed by atoms with van der Waals surface area (Å²) in [5, 5.41) is 5.65. The number of hydrogen-bond acceptors (Lipinski definition) is 6. The quantitative estimate of drug-likeness (QED) is 0.147. The zero-order valence-corrected chi connectivity index (χ0v) is 21.4. The van der Waals surface area contributed by atoms with Crippen LogP contribution in [0.25, 0.3) is 10.8 Å². The van der Waals surface area contributed by atoms with Gasteiger partial charge in [0.2, 0.25) is 6.23 Å². The van der Waals surface area contributed by atoms with Crippen molar-refractivity contribution in [2.45, 2.75) is 32.2 Å². The van der Waals surface area contributed by atoms with Gasteiger partial charge in [0.25, 0.3) is 5.91 Å². The molecule has 0 saturated carbocycles. The Balaban J connectivity index is 1.36. The smallest absolute Gasteiger partial charge is 0.408 e. The topological polar surface area (TPSA) is 111 Å². The average molecular weight is 524 g/mol. The number of fused-ring (bicyclic) bond motifs is 1. The van der Waals surface area contributed by atoms with Gasteiger partial charge in [-0.3, -0.25) is 9.59 Å². The van der Waals surface area contributed by atoms with Crippen molar-refractivity contribution in [2.24, 2.45) is 11.8 Å². The number of β-lactam (4-membered cyclic amide) rings is 1. The number of ether oxygens (including phenoxy) is 2. The first-order chi connectivity index (χ1) is 18.9. The van der Waals surface area contributed by atoms with E-state index in [2.05, 4.69) is 5.32 Å². The van der Waals surface area contributed by atoms with Crippen LogP contribution in [0.15, 0.2) is 97.1 Å². The Morgan fingerprint density at radius 1 is 0.897 bits per heavy atom. The van der Waals surface area contributed by atoms with Gasteiger partial charge in [0.05, 0.1) is 6.04 Å². The summed E-state index contributed by atoms with van der Waals surface area (Å²) in [6.07, 6.45) is -1.59. The van der Waals surface area contributed by atoms with Gasteiger partial charge < -0.3 is 14.8 Å². The second-order valence-electron chi connectivity index (χ2n) is 9.59. The maximum Gasteiger partial charge on any atom is 0.408 e. The standard InChI is InChI=1S/C31H29N3O5/c1-20-8-7-13-25(16-20)39-30-27(29(36)34(30)32)28(35)26(33-31(37)38-19-21-9-3-2-4-10-21)18-22-14-15-23-11-5-6-12-24(23)17-22/h2-17,26-27,30H,18-19,32H2,1H3,(H,33,37)/t26-,27-,30-/m0/s1. The third-order valence-electron chi connectivity index (χ3n) is 6.73. The predicted octanol–water partition coefficient (Wildman–Crippen LogP) is 4.29. The molecule has 0 unspecified atom stereocenters. The lowest BCUT2D eigenvalue weighted by Gasteiger charge is -2.43. The summed E-state index contributed by atoms with van der Waals surface area (Å²) in [5.41, 5.74) is 2.59. The molecule has 8 nitrogen and oxygen atoms in total. The minimum Gasteiger partial charge on any atom is -0.468 e. The van der Waals surface area contributed by atoms with Crippen molar-refractivity contribution in [3.05, 3.63) is 114 Å². The number of nitrogens with one attached hydrogen (secondary N) is 1. The van der Waals surface area contributed by atoms with E-state index in [0.717, 1.165) is 32.5 Å². The van der Waals surface area contributed by atoms with Crippen molar-refractivity contribution in [3.63, 3.8) is 0 Å². The van der Waals surface area contributed by atoms with E-state index < -0.39 is 36.0 Å². The Bertz CT molecular complexity index is 1510. The molecule has 39 heavy (non-hydrogen) atoms. The molecule has 198 valence electrons. The Morgan fingerprint density at radius 3 is 2.41 bits per heavy atom. The third-order valence-corrected chi connectivity index (χ3v) is 6.73. The van der Waals surface area contributed by atoms with E-state index in [-0.39, 0.29) is 13.0 Å². The minimum atomic E-state index is -1.17. The molecule has 1 aliphatic rings. The van der Waals surface area contributed by atoms with Crippen LogP contribution in [0, 0.1) is 12.8 Å². The molecule has 4 aromatic carbocycles. The lowest BCUT2D eigenvalue weighted by Crippen LogP contribution is -2.70. The zero-order chi connectivity index (χ0) is 27.4. The molecule has 1 saturated heterocycles. The summed E-state index contributed by atoms with van der Waals surface area (Å²) in [6.45, 7) is 1.95. The Hall–Kier alpha value is -4.69. The molecule has 0 aromatic heterocycles. The van der Waals surface area contributed by atoms with Crippen molar-refractivity contribution < 1.29 is 23.9 Å². The normalized spacial score (nSPS) is 17.3. The van der Waals surface area contributed by atoms with Crippen LogP contribution >= 0.6 is 0 Å². The van der Waals surface area contributed by atoms with Gasteiger partial charge in [-0.1, -0.05) is 84.9 Å². The Morgan fingerprint density at radius 2 is 1.64 bits per heavy atom. The van der Waals surface area contributed by atoms with E-state index in [1.807, 2.05) is 91.9 Å². The van der Waals surface area contributed by atoms with Gasteiger partial charge in [-0.05, 0) is 52.9 Å². The number of aryl methyl sites for hydroxylation is 1. The third kappa shape index (κ3) is 5.91. The van der Waals surface area contributed by atoms with Gasteiger partial charge in [-0.15, -0.1) is 0 Å². The Labute approximate surface area is 226 Å². The molecule has 0 aliphatic carbocycles. The van der Waals surface area contributed by atoms with Crippen molar-refractivity contribution in [2.75, 3.05) is 0 Å². The molecule has 0 spiro atoms. The number of amides is 2. The van der Waals surface area contributed by atoms with E-state index in [0.29, 0.717) is 5.75 Å². The average Bonchev–Trinajstić information content (AvgIpc) is 2.95. The van der Waals surface area contributed by atoms with Gasteiger partial charge in [0, 0.05) is 0 Å². The van der Waals surface area contributed by atoms with Crippen LogP contribution < -0.4 is 15.9 Å². The lowest BCUT2D eigenvalue weighted by molar-refractivity contribution is -0.180. The van der Waals surface area contributed by atoms with Gasteiger partial charge in [-0.25, -0.2) is 15.6 Å². The van der Waals surface area contributed by atoms with E-state index in [1.165, 1.54) is 0 Å². The molecule has 2 amide bonds. The highest BCUT2D eigenvalue weighted by atomic mass is 16.5. The molecule has 3 N–H and O–H groups in total. The van der Waals surface area contributed by atoms with Crippen LogP contribution in [-0.2, 0) is 27.4 Å². The second kappa shape index (κ2) is 11.4. The predicted molar refractivity (Wildman–Crippen MR) is 146 cm³/mol. The molecule has 1 heterocycles. The number of carbonyl (C=O) groups is 3. The molecule has 0 bridgehead atoms. The molecule has 3 atom stereocenters. The molecule has 0 radical (unpaired) electrons. The maximum absolute atomic E-state index is 13.8. The van der Waals surface area contributed by atoms with Gasteiger partial charge >= 0.3 is 6.09 Å². The van der Waals surface area contributed by atoms with Gasteiger partial charge in [0.15, 0.2) is 11.7 Å². The Kier molecular flexibility index (Phi) is 7.56. The number of Topliss-reactive ketones (excluding diaryl/α,β-unsaturated/α-hetero) is 1. The van der Waals surface area contributed by atoms with E-state index in [1.54, 1.807) is 12.1 Å². The minimum absolute atomic E-state index is 0.0432. The number of nitrogens with zero attached hydrogens (tertiary/aromatic N) is 1. The molecule has 5 rings (SSSR count). The first kappa shape index (κ1) is 25.9. The molecule has 1 aliphatic heterocycles. The molecule has 4 aromatic rings. The van der Waals surface area contributed by atoms with Gasteiger partial charge in [0.1, 0.15) is 12.4 Å². The van der Waals surface area contributed by atoms with Crippen LogP contribution in [0.2, 0.25) is 0 Å². The highest BCUT2D eigenvalue weighted by Gasteiger charge is 2.54. The summed E-state index contributed by atoms with van der Waals surface area (Å²) < 4.78 is 11.3. The number of alkyl carbamates (subject to hydrolysis) is 1. The van der Waals surface area contributed by atoms with Crippen molar-refractivity contribution >= 4 is 28.6 Å². The molecule has 1 fully saturated rings. The molecule has 8 heteroatoms. The van der Waals surface area contributed by atoms with Crippen molar-refractivity contribution in [1.82, 2.24) is 10.3 Å². The number of hydrogen-bond donors (Lipinski definition) is 2. The number of nitrogens with two attached hydrogens (primary N) is 1. The first-order valence-electron chi connectivity index (χ1n) is 12.7. The van der Waals surface area contributed by atoms with E-state index in [4.69, 9.17) is 15.3 Å². The monoisotopic (exact) mass is 523 g/mol. The highest BCUT2D eigenvalue weighted by molar-refractivity contribution is 6.08. The first-order valence-corrected chi connectivity index (χ1v) is 12.7. The summed E-state index contributed by atoms with van der Waals surface area (Å²) in [4.78, 5) is 39.3. The van der Waals surface area contributed by atoms with Crippen LogP contribution in [0.5, 0.6) is 5.75 Å². The summed E-state index contributed by atoms with van der Waals surface area (Å²) in [7, 11) is 0. The fraction of sp³-hybridized carbons (Fsp3) is 0.194.